The first-order valence-electron chi connectivity index (χ1n) is 10.7. The molecule has 0 bridgehead atoms. The number of ether oxygens (including phenoxy) is 1. The normalized spacial score (nSPS) is 16.6. The van der Waals surface area contributed by atoms with Gasteiger partial charge in [-0.2, -0.15) is 5.10 Å². The van der Waals surface area contributed by atoms with Gasteiger partial charge in [-0.3, -0.25) is 14.4 Å². The zero-order chi connectivity index (χ0) is 21.5. The van der Waals surface area contributed by atoms with Crippen LogP contribution in [-0.2, 0) is 24.4 Å². The number of amides is 1. The zero-order valence-electron chi connectivity index (χ0n) is 17.9. The summed E-state index contributed by atoms with van der Waals surface area (Å²) in [5.41, 5.74) is 2.14. The van der Waals surface area contributed by atoms with Crippen molar-refractivity contribution >= 4 is 5.91 Å². The lowest BCUT2D eigenvalue weighted by Gasteiger charge is -2.32. The Labute approximate surface area is 182 Å². The Balaban J connectivity index is 1.21. The van der Waals surface area contributed by atoms with E-state index in [2.05, 4.69) is 34.3 Å². The summed E-state index contributed by atoms with van der Waals surface area (Å²) < 4.78 is 12.6. The molecule has 0 spiro atoms. The van der Waals surface area contributed by atoms with Crippen LogP contribution < -0.4 is 4.74 Å². The molecule has 1 aliphatic rings. The van der Waals surface area contributed by atoms with Crippen LogP contribution in [0.4, 0.5) is 0 Å². The molecule has 2 aromatic heterocycles. The van der Waals surface area contributed by atoms with E-state index in [1.165, 1.54) is 5.56 Å². The average Bonchev–Trinajstić information content (AvgIpc) is 3.48. The van der Waals surface area contributed by atoms with Crippen LogP contribution in [0.5, 0.6) is 5.75 Å². The van der Waals surface area contributed by atoms with Crippen LogP contribution in [0.15, 0.2) is 59.6 Å². The molecule has 1 aromatic carbocycles. The summed E-state index contributed by atoms with van der Waals surface area (Å²) in [4.78, 5) is 16.6. The van der Waals surface area contributed by atoms with Crippen molar-refractivity contribution in [1.82, 2.24) is 24.7 Å². The highest BCUT2D eigenvalue weighted by Crippen LogP contribution is 2.20. The SMILES string of the molecule is CN(Cc1ccc(OCC2CCCN(C(=O)Cn3cccn3)C2)cc1)Cc1ccon1. The maximum absolute atomic E-state index is 12.5. The smallest absolute Gasteiger partial charge is 0.244 e. The molecule has 0 radical (unpaired) electrons. The predicted molar refractivity (Wildman–Crippen MR) is 115 cm³/mol. The third-order valence-corrected chi connectivity index (χ3v) is 5.51. The number of carbonyl (C=O) groups excluding carboxylic acids is 1. The number of nitrogens with zero attached hydrogens (tertiary/aromatic N) is 5. The molecule has 8 heteroatoms. The van der Waals surface area contributed by atoms with E-state index in [0.717, 1.165) is 50.5 Å². The van der Waals surface area contributed by atoms with E-state index in [4.69, 9.17) is 9.26 Å². The van der Waals surface area contributed by atoms with Crippen molar-refractivity contribution in [3.8, 4) is 5.75 Å². The van der Waals surface area contributed by atoms with Crippen molar-refractivity contribution in [2.24, 2.45) is 5.92 Å². The minimum Gasteiger partial charge on any atom is -0.493 e. The topological polar surface area (TPSA) is 76.6 Å². The van der Waals surface area contributed by atoms with E-state index >= 15 is 0 Å². The third kappa shape index (κ3) is 6.18. The van der Waals surface area contributed by atoms with Gasteiger partial charge in [-0.1, -0.05) is 17.3 Å². The molecule has 0 saturated carbocycles. The zero-order valence-corrected chi connectivity index (χ0v) is 17.9. The molecule has 1 amide bonds. The first-order chi connectivity index (χ1) is 15.2. The van der Waals surface area contributed by atoms with E-state index in [1.54, 1.807) is 17.1 Å². The van der Waals surface area contributed by atoms with Gasteiger partial charge in [-0.05, 0) is 43.7 Å². The Kier molecular flexibility index (Phi) is 6.99. The summed E-state index contributed by atoms with van der Waals surface area (Å²) >= 11 is 0. The number of likely N-dealkylation sites (tertiary alicyclic amines) is 1. The van der Waals surface area contributed by atoms with Gasteiger partial charge in [0.1, 0.15) is 18.6 Å². The molecule has 0 aliphatic carbocycles. The highest BCUT2D eigenvalue weighted by Gasteiger charge is 2.24. The summed E-state index contributed by atoms with van der Waals surface area (Å²) in [7, 11) is 2.06. The van der Waals surface area contributed by atoms with Crippen molar-refractivity contribution in [1.29, 1.82) is 0 Å². The second-order valence-electron chi connectivity index (χ2n) is 8.17. The van der Waals surface area contributed by atoms with Crippen molar-refractivity contribution in [3.05, 3.63) is 66.3 Å². The summed E-state index contributed by atoms with van der Waals surface area (Å²) in [5, 5.41) is 8.07. The number of rotatable bonds is 9. The van der Waals surface area contributed by atoms with Gasteiger partial charge in [-0.15, -0.1) is 0 Å². The van der Waals surface area contributed by atoms with Crippen molar-refractivity contribution in [3.63, 3.8) is 0 Å². The van der Waals surface area contributed by atoms with Gasteiger partial charge in [-0.25, -0.2) is 0 Å². The molecule has 164 valence electrons. The first-order valence-corrected chi connectivity index (χ1v) is 10.7. The van der Waals surface area contributed by atoms with Gasteiger partial charge in [0.15, 0.2) is 0 Å². The van der Waals surface area contributed by atoms with Crippen LogP contribution in [0.2, 0.25) is 0 Å². The number of aromatic nitrogens is 3. The summed E-state index contributed by atoms with van der Waals surface area (Å²) in [6.45, 7) is 4.04. The van der Waals surface area contributed by atoms with E-state index in [9.17, 15) is 4.79 Å². The Hall–Kier alpha value is -3.13. The maximum Gasteiger partial charge on any atom is 0.244 e. The molecule has 3 aromatic rings. The Morgan fingerprint density at radius 2 is 2.13 bits per heavy atom. The minimum absolute atomic E-state index is 0.118. The van der Waals surface area contributed by atoms with Crippen LogP contribution in [0, 0.1) is 5.92 Å². The van der Waals surface area contributed by atoms with Crippen molar-refractivity contribution in [2.45, 2.75) is 32.5 Å². The molecule has 1 aliphatic heterocycles. The standard InChI is InChI=1S/C23H29N5O3/c1-26(16-21-9-13-31-25-21)14-19-5-7-22(8-6-19)30-18-20-4-2-11-27(15-20)23(29)17-28-12-3-10-24-28/h3,5-10,12-13,20H,2,4,11,14-18H2,1H3. The second kappa shape index (κ2) is 10.3. The summed E-state index contributed by atoms with van der Waals surface area (Å²) in [5.74, 6) is 1.33. The quantitative estimate of drug-likeness (QED) is 0.527. The molecule has 1 fully saturated rings. The molecule has 31 heavy (non-hydrogen) atoms. The van der Waals surface area contributed by atoms with Crippen LogP contribution in [0.1, 0.15) is 24.1 Å². The molecular formula is C23H29N5O3. The molecule has 1 unspecified atom stereocenters. The number of benzene rings is 1. The lowest BCUT2D eigenvalue weighted by molar-refractivity contribution is -0.134. The minimum atomic E-state index is 0.118. The number of hydrogen-bond acceptors (Lipinski definition) is 6. The molecular weight excluding hydrogens is 394 g/mol. The van der Waals surface area contributed by atoms with Gasteiger partial charge >= 0.3 is 0 Å². The van der Waals surface area contributed by atoms with Crippen molar-refractivity contribution < 1.29 is 14.1 Å². The van der Waals surface area contributed by atoms with E-state index < -0.39 is 0 Å². The van der Waals surface area contributed by atoms with Crippen LogP contribution in [-0.4, -0.2) is 57.4 Å². The lowest BCUT2D eigenvalue weighted by atomic mass is 9.99. The Morgan fingerprint density at radius 1 is 1.26 bits per heavy atom. The van der Waals surface area contributed by atoms with Gasteiger partial charge in [0.05, 0.1) is 12.3 Å². The van der Waals surface area contributed by atoms with E-state index in [0.29, 0.717) is 19.1 Å². The van der Waals surface area contributed by atoms with Crippen LogP contribution in [0.3, 0.4) is 0 Å². The fourth-order valence-corrected chi connectivity index (χ4v) is 3.93. The second-order valence-corrected chi connectivity index (χ2v) is 8.17. The number of carbonyl (C=O) groups is 1. The highest BCUT2D eigenvalue weighted by molar-refractivity contribution is 5.76. The van der Waals surface area contributed by atoms with Crippen molar-refractivity contribution in [2.75, 3.05) is 26.7 Å². The van der Waals surface area contributed by atoms with Gasteiger partial charge in [0.25, 0.3) is 0 Å². The van der Waals surface area contributed by atoms with E-state index in [1.807, 2.05) is 35.4 Å². The molecule has 1 saturated heterocycles. The fraction of sp³-hybridized carbons (Fsp3) is 0.435. The van der Waals surface area contributed by atoms with Gasteiger partial charge < -0.3 is 14.2 Å². The molecule has 8 nitrogen and oxygen atoms in total. The third-order valence-electron chi connectivity index (χ3n) is 5.51. The molecule has 3 heterocycles. The van der Waals surface area contributed by atoms with Crippen LogP contribution in [0.25, 0.3) is 0 Å². The van der Waals surface area contributed by atoms with Crippen LogP contribution >= 0.6 is 0 Å². The van der Waals surface area contributed by atoms with Gasteiger partial charge in [0.2, 0.25) is 5.91 Å². The molecule has 4 rings (SSSR count). The lowest BCUT2D eigenvalue weighted by Crippen LogP contribution is -2.43. The highest BCUT2D eigenvalue weighted by atomic mass is 16.5. The first kappa shape index (κ1) is 21.1. The maximum atomic E-state index is 12.5. The molecule has 0 N–H and O–H groups in total. The largest absolute Gasteiger partial charge is 0.493 e. The predicted octanol–water partition coefficient (Wildman–Crippen LogP) is 2.82. The van der Waals surface area contributed by atoms with Gasteiger partial charge in [0, 0.05) is 50.6 Å². The monoisotopic (exact) mass is 423 g/mol. The molecule has 1 atom stereocenters. The summed E-state index contributed by atoms with van der Waals surface area (Å²) in [6, 6.07) is 11.9. The fourth-order valence-electron chi connectivity index (χ4n) is 3.93. The summed E-state index contributed by atoms with van der Waals surface area (Å²) in [6.07, 6.45) is 7.20. The Morgan fingerprint density at radius 3 is 2.87 bits per heavy atom. The van der Waals surface area contributed by atoms with E-state index in [-0.39, 0.29) is 5.91 Å². The number of piperidine rings is 1. The number of hydrogen-bond donors (Lipinski definition) is 0. The average molecular weight is 424 g/mol. The Bertz CT molecular complexity index is 925.